The summed E-state index contributed by atoms with van der Waals surface area (Å²) >= 11 is 0. The zero-order valence-corrected chi connectivity index (χ0v) is 11.5. The number of aliphatic carboxylic acids is 1. The smallest absolute Gasteiger partial charge is 0.333 e. The van der Waals surface area contributed by atoms with Gasteiger partial charge in [0.1, 0.15) is 11.7 Å². The van der Waals surface area contributed by atoms with Gasteiger partial charge in [-0.2, -0.15) is 5.10 Å². The molecule has 110 valence electrons. The number of rotatable bonds is 8. The van der Waals surface area contributed by atoms with E-state index < -0.39 is 16.9 Å². The van der Waals surface area contributed by atoms with Gasteiger partial charge < -0.3 is 10.4 Å². The highest BCUT2D eigenvalue weighted by Gasteiger charge is 2.28. The fourth-order valence-electron chi connectivity index (χ4n) is 1.86. The number of aromatic nitrogens is 2. The largest absolute Gasteiger partial charge is 0.480 e. The number of nitrogens with zero attached hydrogens (tertiary/aromatic N) is 3. The Bertz CT molecular complexity index is 524. The molecule has 8 nitrogen and oxygen atoms in total. The van der Waals surface area contributed by atoms with Crippen molar-refractivity contribution in [3.05, 3.63) is 28.5 Å². The standard InChI is InChI=1S/C12H18N4O4/c1-4-6-9(12(17)18)13-11-10(16(19)20)8(3)14-15(11)7-5-2/h4,9,13H,1,5-7H2,2-3H3,(H,17,18). The van der Waals surface area contributed by atoms with Crippen LogP contribution in [0.25, 0.3) is 0 Å². The summed E-state index contributed by atoms with van der Waals surface area (Å²) in [5.41, 5.74) is 0.0717. The minimum absolute atomic E-state index is 0.128. The van der Waals surface area contributed by atoms with E-state index in [2.05, 4.69) is 17.0 Å². The third-order valence-corrected chi connectivity index (χ3v) is 2.73. The molecule has 0 aliphatic carbocycles. The SMILES string of the molecule is C=CCC(Nc1c([N+](=O)[O-])c(C)nn1CCC)C(=O)O. The molecule has 0 aliphatic rings. The molecule has 0 bridgehead atoms. The summed E-state index contributed by atoms with van der Waals surface area (Å²) in [4.78, 5) is 21.7. The molecule has 0 radical (unpaired) electrons. The Hall–Kier alpha value is -2.38. The number of carboxylic acids is 1. The van der Waals surface area contributed by atoms with Crippen molar-refractivity contribution in [1.82, 2.24) is 9.78 Å². The summed E-state index contributed by atoms with van der Waals surface area (Å²) in [7, 11) is 0. The fourth-order valence-corrected chi connectivity index (χ4v) is 1.86. The lowest BCUT2D eigenvalue weighted by Gasteiger charge is -2.14. The first-order chi connectivity index (χ1) is 9.42. The van der Waals surface area contributed by atoms with E-state index in [0.717, 1.165) is 6.42 Å². The molecule has 1 atom stereocenters. The Labute approximate surface area is 116 Å². The molecular weight excluding hydrogens is 264 g/mol. The van der Waals surface area contributed by atoms with Gasteiger partial charge in [0.25, 0.3) is 0 Å². The van der Waals surface area contributed by atoms with E-state index in [9.17, 15) is 14.9 Å². The average Bonchev–Trinajstić information content (AvgIpc) is 2.65. The van der Waals surface area contributed by atoms with Gasteiger partial charge in [-0.15, -0.1) is 6.58 Å². The molecule has 1 heterocycles. The normalized spacial score (nSPS) is 11.9. The second-order valence-electron chi connectivity index (χ2n) is 4.32. The highest BCUT2D eigenvalue weighted by molar-refractivity contribution is 5.78. The third-order valence-electron chi connectivity index (χ3n) is 2.73. The number of nitrogens with one attached hydrogen (secondary N) is 1. The van der Waals surface area contributed by atoms with Crippen molar-refractivity contribution in [2.45, 2.75) is 39.3 Å². The molecule has 1 unspecified atom stereocenters. The number of hydrogen-bond donors (Lipinski definition) is 2. The van der Waals surface area contributed by atoms with E-state index in [1.54, 1.807) is 0 Å². The van der Waals surface area contributed by atoms with Crippen molar-refractivity contribution in [2.75, 3.05) is 5.32 Å². The van der Waals surface area contributed by atoms with Crippen molar-refractivity contribution >= 4 is 17.5 Å². The van der Waals surface area contributed by atoms with Crippen molar-refractivity contribution in [3.63, 3.8) is 0 Å². The lowest BCUT2D eigenvalue weighted by Crippen LogP contribution is -2.30. The molecule has 0 amide bonds. The lowest BCUT2D eigenvalue weighted by atomic mass is 10.2. The van der Waals surface area contributed by atoms with Crippen molar-refractivity contribution in [3.8, 4) is 0 Å². The number of anilines is 1. The maximum absolute atomic E-state index is 11.1. The van der Waals surface area contributed by atoms with E-state index in [0.29, 0.717) is 6.54 Å². The summed E-state index contributed by atoms with van der Waals surface area (Å²) < 4.78 is 1.44. The van der Waals surface area contributed by atoms with Crippen LogP contribution < -0.4 is 5.32 Å². The molecular formula is C12H18N4O4. The molecule has 0 saturated carbocycles. The van der Waals surface area contributed by atoms with Gasteiger partial charge in [-0.1, -0.05) is 13.0 Å². The van der Waals surface area contributed by atoms with Crippen LogP contribution in [-0.4, -0.2) is 31.8 Å². The summed E-state index contributed by atoms with van der Waals surface area (Å²) in [6, 6.07) is -0.974. The molecule has 0 saturated heterocycles. The molecule has 1 aromatic rings. The number of carbonyl (C=O) groups is 1. The Kier molecular flexibility index (Phi) is 5.24. The van der Waals surface area contributed by atoms with Gasteiger partial charge in [0.05, 0.1) is 4.92 Å². The maximum atomic E-state index is 11.1. The first-order valence-corrected chi connectivity index (χ1v) is 6.24. The first-order valence-electron chi connectivity index (χ1n) is 6.24. The Morgan fingerprint density at radius 2 is 2.35 bits per heavy atom. The average molecular weight is 282 g/mol. The van der Waals surface area contributed by atoms with E-state index in [-0.39, 0.29) is 23.6 Å². The van der Waals surface area contributed by atoms with Crippen LogP contribution in [0.4, 0.5) is 11.5 Å². The topological polar surface area (TPSA) is 110 Å². The Morgan fingerprint density at radius 3 is 2.80 bits per heavy atom. The number of hydrogen-bond acceptors (Lipinski definition) is 5. The fraction of sp³-hybridized carbons (Fsp3) is 0.500. The summed E-state index contributed by atoms with van der Waals surface area (Å²) in [6.45, 7) is 7.39. The van der Waals surface area contributed by atoms with Crippen LogP contribution >= 0.6 is 0 Å². The van der Waals surface area contributed by atoms with Gasteiger partial charge in [0.2, 0.25) is 5.82 Å². The van der Waals surface area contributed by atoms with Gasteiger partial charge in [0, 0.05) is 6.54 Å². The lowest BCUT2D eigenvalue weighted by molar-refractivity contribution is -0.384. The summed E-state index contributed by atoms with van der Waals surface area (Å²) in [6.07, 6.45) is 2.33. The van der Waals surface area contributed by atoms with Crippen molar-refractivity contribution in [1.29, 1.82) is 0 Å². The molecule has 0 aromatic carbocycles. The van der Waals surface area contributed by atoms with Crippen LogP contribution in [0, 0.1) is 17.0 Å². The predicted octanol–water partition coefficient (Wildman–Crippen LogP) is 1.95. The molecule has 0 spiro atoms. The Morgan fingerprint density at radius 1 is 1.70 bits per heavy atom. The highest BCUT2D eigenvalue weighted by atomic mass is 16.6. The zero-order valence-electron chi connectivity index (χ0n) is 11.5. The quantitative estimate of drug-likeness (QED) is 0.428. The minimum Gasteiger partial charge on any atom is -0.480 e. The van der Waals surface area contributed by atoms with Gasteiger partial charge in [-0.25, -0.2) is 9.48 Å². The van der Waals surface area contributed by atoms with Crippen molar-refractivity contribution in [2.24, 2.45) is 0 Å². The van der Waals surface area contributed by atoms with Gasteiger partial charge >= 0.3 is 11.7 Å². The second-order valence-corrected chi connectivity index (χ2v) is 4.32. The zero-order chi connectivity index (χ0) is 15.3. The molecule has 8 heteroatoms. The summed E-state index contributed by atoms with van der Waals surface area (Å²) in [5, 5.41) is 27.0. The number of carboxylic acid groups (broad SMARTS) is 1. The van der Waals surface area contributed by atoms with Gasteiger partial charge in [-0.05, 0) is 19.8 Å². The molecule has 1 aromatic heterocycles. The van der Waals surface area contributed by atoms with Crippen molar-refractivity contribution < 1.29 is 14.8 Å². The van der Waals surface area contributed by atoms with Gasteiger partial charge in [-0.3, -0.25) is 10.1 Å². The van der Waals surface area contributed by atoms with Crippen LogP contribution in [0.1, 0.15) is 25.5 Å². The van der Waals surface area contributed by atoms with Crippen LogP contribution in [0.2, 0.25) is 0 Å². The third kappa shape index (κ3) is 3.34. The number of nitro groups is 1. The molecule has 0 aliphatic heterocycles. The predicted molar refractivity (Wildman–Crippen MR) is 73.8 cm³/mol. The minimum atomic E-state index is -1.10. The molecule has 2 N–H and O–H groups in total. The molecule has 20 heavy (non-hydrogen) atoms. The van der Waals surface area contributed by atoms with E-state index in [4.69, 9.17) is 5.11 Å². The van der Waals surface area contributed by atoms with Gasteiger partial charge in [0.15, 0.2) is 0 Å². The maximum Gasteiger partial charge on any atom is 0.333 e. The van der Waals surface area contributed by atoms with Crippen LogP contribution in [-0.2, 0) is 11.3 Å². The van der Waals surface area contributed by atoms with E-state index >= 15 is 0 Å². The first kappa shape index (κ1) is 15.7. The van der Waals surface area contributed by atoms with E-state index in [1.807, 2.05) is 6.92 Å². The molecule has 1 rings (SSSR count). The summed E-state index contributed by atoms with van der Waals surface area (Å²) in [5.74, 6) is -0.968. The monoisotopic (exact) mass is 282 g/mol. The van der Waals surface area contributed by atoms with Crippen LogP contribution in [0.5, 0.6) is 0 Å². The van der Waals surface area contributed by atoms with Crippen LogP contribution in [0.3, 0.4) is 0 Å². The second kappa shape index (κ2) is 6.69. The van der Waals surface area contributed by atoms with E-state index in [1.165, 1.54) is 17.7 Å². The van der Waals surface area contributed by atoms with Crippen LogP contribution in [0.15, 0.2) is 12.7 Å². The highest BCUT2D eigenvalue weighted by Crippen LogP contribution is 2.29. The number of aryl methyl sites for hydroxylation is 2. The Balaban J connectivity index is 3.21. The molecule has 0 fully saturated rings.